The third kappa shape index (κ3) is 4.84. The van der Waals surface area contributed by atoms with Gasteiger partial charge in [0.15, 0.2) is 0 Å². The van der Waals surface area contributed by atoms with Gasteiger partial charge < -0.3 is 15.1 Å². The van der Waals surface area contributed by atoms with E-state index in [4.69, 9.17) is 5.11 Å². The van der Waals surface area contributed by atoms with Crippen LogP contribution in [0.15, 0.2) is 16.3 Å². The van der Waals surface area contributed by atoms with Crippen LogP contribution in [0.5, 0.6) is 0 Å². The Labute approximate surface area is 121 Å². The molecule has 0 fully saturated rings. The maximum Gasteiger partial charge on any atom is 0.345 e. The van der Waals surface area contributed by atoms with Gasteiger partial charge in [-0.25, -0.2) is 17.9 Å². The molecular formula is C11H18N2O5S2. The summed E-state index contributed by atoms with van der Waals surface area (Å²) >= 11 is 0.670. The molecule has 0 radical (unpaired) electrons. The van der Waals surface area contributed by atoms with E-state index >= 15 is 0 Å². The minimum absolute atomic E-state index is 0.0505. The van der Waals surface area contributed by atoms with Crippen molar-refractivity contribution in [3.05, 3.63) is 17.0 Å². The Balaban J connectivity index is 2.77. The average molecular weight is 322 g/mol. The highest BCUT2D eigenvalue weighted by atomic mass is 32.2. The Kier molecular flexibility index (Phi) is 5.27. The molecule has 7 nitrogen and oxygen atoms in total. The summed E-state index contributed by atoms with van der Waals surface area (Å²) in [7, 11) is -0.285. The van der Waals surface area contributed by atoms with Gasteiger partial charge in [0.1, 0.15) is 9.09 Å². The van der Waals surface area contributed by atoms with E-state index in [1.165, 1.54) is 19.1 Å². The van der Waals surface area contributed by atoms with Crippen LogP contribution in [0.1, 0.15) is 16.6 Å². The van der Waals surface area contributed by atoms with E-state index in [2.05, 4.69) is 4.72 Å². The van der Waals surface area contributed by atoms with E-state index in [1.54, 1.807) is 19.0 Å². The van der Waals surface area contributed by atoms with Crippen molar-refractivity contribution in [2.45, 2.75) is 16.7 Å². The van der Waals surface area contributed by atoms with Crippen molar-refractivity contribution in [2.24, 2.45) is 0 Å². The topological polar surface area (TPSA) is 107 Å². The molecule has 1 aromatic heterocycles. The van der Waals surface area contributed by atoms with Crippen LogP contribution in [0.4, 0.5) is 0 Å². The molecule has 0 aliphatic rings. The van der Waals surface area contributed by atoms with Gasteiger partial charge in [-0.1, -0.05) is 0 Å². The average Bonchev–Trinajstić information content (AvgIpc) is 2.75. The molecule has 3 N–H and O–H groups in total. The quantitative estimate of drug-likeness (QED) is 0.654. The number of likely N-dealkylation sites (N-methyl/N-ethyl adjacent to an activating group) is 1. The second-order valence-electron chi connectivity index (χ2n) is 4.98. The molecule has 114 valence electrons. The van der Waals surface area contributed by atoms with Gasteiger partial charge in [-0.3, -0.25) is 0 Å². The molecule has 1 atom stereocenters. The van der Waals surface area contributed by atoms with Crippen molar-refractivity contribution in [1.82, 2.24) is 9.62 Å². The van der Waals surface area contributed by atoms with Crippen LogP contribution in [0.2, 0.25) is 0 Å². The van der Waals surface area contributed by atoms with Gasteiger partial charge in [-0.2, -0.15) is 0 Å². The lowest BCUT2D eigenvalue weighted by atomic mass is 10.1. The molecule has 0 aliphatic carbocycles. The zero-order chi connectivity index (χ0) is 15.6. The first kappa shape index (κ1) is 17.1. The fourth-order valence-electron chi connectivity index (χ4n) is 1.64. The van der Waals surface area contributed by atoms with E-state index in [0.29, 0.717) is 17.9 Å². The first-order valence-corrected chi connectivity index (χ1v) is 8.03. The molecule has 0 saturated heterocycles. The number of rotatable bonds is 7. The largest absolute Gasteiger partial charge is 0.477 e. The highest BCUT2D eigenvalue weighted by Gasteiger charge is 2.26. The molecule has 9 heteroatoms. The number of aliphatic hydroxyl groups is 1. The fourth-order valence-corrected chi connectivity index (χ4v) is 3.99. The number of thiophene rings is 1. The minimum Gasteiger partial charge on any atom is -0.477 e. The number of hydrogen-bond acceptors (Lipinski definition) is 6. The van der Waals surface area contributed by atoms with Gasteiger partial charge in [0, 0.05) is 13.1 Å². The van der Waals surface area contributed by atoms with Crippen LogP contribution < -0.4 is 4.72 Å². The highest BCUT2D eigenvalue weighted by molar-refractivity contribution is 7.91. The van der Waals surface area contributed by atoms with Gasteiger partial charge in [0.05, 0.1) is 5.60 Å². The Morgan fingerprint density at radius 1 is 1.45 bits per heavy atom. The van der Waals surface area contributed by atoms with Crippen molar-refractivity contribution in [2.75, 3.05) is 27.2 Å². The molecule has 1 heterocycles. The maximum atomic E-state index is 12.0. The first-order valence-electron chi connectivity index (χ1n) is 5.73. The number of carboxylic acids is 1. The molecule has 0 amide bonds. The van der Waals surface area contributed by atoms with Gasteiger partial charge in [-0.05, 0) is 33.2 Å². The standard InChI is InChI=1S/C11H18N2O5S2/c1-11(16,7-13(2)3)6-12-20(17,18)9-5-4-8(19-9)10(14)15/h4-5,12,16H,6-7H2,1-3H3,(H,14,15). The summed E-state index contributed by atoms with van der Waals surface area (Å²) in [6, 6.07) is 2.47. The third-order valence-corrected chi connectivity index (χ3v) is 5.32. The maximum absolute atomic E-state index is 12.0. The molecule has 0 bridgehead atoms. The lowest BCUT2D eigenvalue weighted by Crippen LogP contribution is -2.46. The first-order chi connectivity index (χ1) is 9.03. The number of aromatic carboxylic acids is 1. The molecule has 0 aliphatic heterocycles. The van der Waals surface area contributed by atoms with E-state index in [9.17, 15) is 18.3 Å². The second-order valence-corrected chi connectivity index (χ2v) is 8.06. The van der Waals surface area contributed by atoms with Crippen LogP contribution in [-0.2, 0) is 10.0 Å². The Morgan fingerprint density at radius 2 is 2.05 bits per heavy atom. The van der Waals surface area contributed by atoms with E-state index in [0.717, 1.165) is 0 Å². The molecule has 0 aromatic carbocycles. The van der Waals surface area contributed by atoms with Gasteiger partial charge in [-0.15, -0.1) is 11.3 Å². The molecule has 1 aromatic rings. The second kappa shape index (κ2) is 6.19. The smallest absolute Gasteiger partial charge is 0.345 e. The van der Waals surface area contributed by atoms with E-state index in [1.807, 2.05) is 0 Å². The van der Waals surface area contributed by atoms with Crippen molar-refractivity contribution < 1.29 is 23.4 Å². The minimum atomic E-state index is -3.82. The summed E-state index contributed by atoms with van der Waals surface area (Å²) in [6.07, 6.45) is 0. The van der Waals surface area contributed by atoms with Crippen molar-refractivity contribution in [3.63, 3.8) is 0 Å². The normalized spacial score (nSPS) is 15.2. The van der Waals surface area contributed by atoms with E-state index < -0.39 is 21.6 Å². The molecule has 0 spiro atoms. The molecule has 20 heavy (non-hydrogen) atoms. The summed E-state index contributed by atoms with van der Waals surface area (Å²) in [5, 5.41) is 18.8. The Morgan fingerprint density at radius 3 is 2.50 bits per heavy atom. The number of nitrogens with one attached hydrogen (secondary N) is 1. The lowest BCUT2D eigenvalue weighted by molar-refractivity contribution is 0.0386. The van der Waals surface area contributed by atoms with Gasteiger partial charge in [0.25, 0.3) is 0 Å². The number of carboxylic acid groups (broad SMARTS) is 1. The SMILES string of the molecule is CN(C)CC(C)(O)CNS(=O)(=O)c1ccc(C(=O)O)s1. The van der Waals surface area contributed by atoms with Gasteiger partial charge in [0.2, 0.25) is 10.0 Å². The van der Waals surface area contributed by atoms with Crippen LogP contribution >= 0.6 is 11.3 Å². The van der Waals surface area contributed by atoms with Crippen LogP contribution in [0.3, 0.4) is 0 Å². The summed E-state index contributed by atoms with van der Waals surface area (Å²) in [4.78, 5) is 12.4. The van der Waals surface area contributed by atoms with Crippen molar-refractivity contribution in [3.8, 4) is 0 Å². The Hall–Kier alpha value is -1.00. The summed E-state index contributed by atoms with van der Waals surface area (Å²) in [5.74, 6) is -1.17. The van der Waals surface area contributed by atoms with Crippen molar-refractivity contribution >= 4 is 27.3 Å². The fraction of sp³-hybridized carbons (Fsp3) is 0.545. The number of carbonyl (C=O) groups is 1. The summed E-state index contributed by atoms with van der Waals surface area (Å²) < 4.78 is 26.2. The molecule has 0 saturated carbocycles. The molecule has 1 unspecified atom stereocenters. The Bertz CT molecular complexity index is 577. The molecular weight excluding hydrogens is 304 g/mol. The highest BCUT2D eigenvalue weighted by Crippen LogP contribution is 2.21. The number of nitrogens with zero attached hydrogens (tertiary/aromatic N) is 1. The predicted molar refractivity (Wildman–Crippen MR) is 75.6 cm³/mol. The van der Waals surface area contributed by atoms with Crippen LogP contribution in [0, 0.1) is 0 Å². The monoisotopic (exact) mass is 322 g/mol. The van der Waals surface area contributed by atoms with Crippen LogP contribution in [-0.4, -0.2) is 62.3 Å². The third-order valence-electron chi connectivity index (χ3n) is 2.36. The summed E-state index contributed by atoms with van der Waals surface area (Å²) in [5.41, 5.74) is -1.22. The zero-order valence-corrected chi connectivity index (χ0v) is 13.1. The predicted octanol–water partition coefficient (Wildman–Crippen LogP) is 0.0372. The zero-order valence-electron chi connectivity index (χ0n) is 11.5. The number of sulfonamides is 1. The lowest BCUT2D eigenvalue weighted by Gasteiger charge is -2.26. The van der Waals surface area contributed by atoms with Gasteiger partial charge >= 0.3 is 5.97 Å². The van der Waals surface area contributed by atoms with Crippen molar-refractivity contribution in [1.29, 1.82) is 0 Å². The summed E-state index contributed by atoms with van der Waals surface area (Å²) in [6.45, 7) is 1.65. The molecule has 1 rings (SSSR count). The van der Waals surface area contributed by atoms with Crippen LogP contribution in [0.25, 0.3) is 0 Å². The van der Waals surface area contributed by atoms with E-state index in [-0.39, 0.29) is 15.6 Å². The number of hydrogen-bond donors (Lipinski definition) is 3.